The molecule has 3 atom stereocenters. The molecule has 0 spiro atoms. The molecular formula is C21H18NO4-. The largest absolute Gasteiger partial charge is 0.545 e. The normalized spacial score (nSPS) is 22.9. The van der Waals surface area contributed by atoms with E-state index >= 15 is 0 Å². The Morgan fingerprint density at radius 2 is 1.85 bits per heavy atom. The van der Waals surface area contributed by atoms with Crippen molar-refractivity contribution in [1.29, 1.82) is 0 Å². The van der Waals surface area contributed by atoms with Crippen molar-refractivity contribution in [3.63, 3.8) is 0 Å². The molecule has 5 nitrogen and oxygen atoms in total. The van der Waals surface area contributed by atoms with E-state index in [2.05, 4.69) is 17.5 Å². The van der Waals surface area contributed by atoms with Crippen LogP contribution in [-0.4, -0.2) is 19.0 Å². The molecule has 132 valence electrons. The van der Waals surface area contributed by atoms with E-state index in [9.17, 15) is 14.7 Å². The molecule has 1 aliphatic heterocycles. The molecule has 0 amide bonds. The average molecular weight is 348 g/mol. The van der Waals surface area contributed by atoms with Crippen LogP contribution in [0.25, 0.3) is 0 Å². The number of anilines is 1. The summed E-state index contributed by atoms with van der Waals surface area (Å²) in [5, 5.41) is 14.7. The number of benzene rings is 2. The maximum atomic E-state index is 11.6. The summed E-state index contributed by atoms with van der Waals surface area (Å²) in [4.78, 5) is 22.8. The Balaban J connectivity index is 1.69. The molecule has 0 radical (unpaired) electrons. The zero-order valence-corrected chi connectivity index (χ0v) is 14.3. The number of hydrogen-bond acceptors (Lipinski definition) is 5. The van der Waals surface area contributed by atoms with E-state index in [-0.39, 0.29) is 23.5 Å². The molecule has 0 fully saturated rings. The Kier molecular flexibility index (Phi) is 3.99. The number of allylic oxidation sites excluding steroid dienone is 2. The van der Waals surface area contributed by atoms with Gasteiger partial charge in [-0.2, -0.15) is 0 Å². The van der Waals surface area contributed by atoms with Crippen LogP contribution < -0.4 is 10.4 Å². The van der Waals surface area contributed by atoms with Gasteiger partial charge in [-0.05, 0) is 53.3 Å². The monoisotopic (exact) mass is 348 g/mol. The zero-order chi connectivity index (χ0) is 18.3. The molecule has 0 unspecified atom stereocenters. The molecule has 2 aliphatic rings. The number of hydrogen-bond donors (Lipinski definition) is 1. The lowest BCUT2D eigenvalue weighted by Gasteiger charge is -2.38. The topological polar surface area (TPSA) is 78.5 Å². The standard InChI is InChI=1S/C21H19NO4/c1-26-21(25)13-7-5-12(6-8-13)19-16-4-2-3-15(16)17-11-14(20(23)24)9-10-18(17)22-19/h2-3,5-11,15-16,19,22H,4H2,1H3,(H,23,24)/p-1/t15-,16+,19+/m0/s1. The summed E-state index contributed by atoms with van der Waals surface area (Å²) >= 11 is 0. The Labute approximate surface area is 151 Å². The van der Waals surface area contributed by atoms with Crippen LogP contribution >= 0.6 is 0 Å². The van der Waals surface area contributed by atoms with Crippen LogP contribution in [0.15, 0.2) is 54.6 Å². The quantitative estimate of drug-likeness (QED) is 0.681. The molecule has 1 aliphatic carbocycles. The number of esters is 1. The first kappa shape index (κ1) is 16.4. The van der Waals surface area contributed by atoms with Gasteiger partial charge in [-0.3, -0.25) is 0 Å². The van der Waals surface area contributed by atoms with Crippen LogP contribution in [0.5, 0.6) is 0 Å². The van der Waals surface area contributed by atoms with Gasteiger partial charge in [0.05, 0.1) is 24.7 Å². The summed E-state index contributed by atoms with van der Waals surface area (Å²) in [5.41, 5.74) is 3.74. The predicted molar refractivity (Wildman–Crippen MR) is 94.9 cm³/mol. The predicted octanol–water partition coefficient (Wildman–Crippen LogP) is 2.66. The van der Waals surface area contributed by atoms with Crippen LogP contribution in [-0.2, 0) is 4.74 Å². The van der Waals surface area contributed by atoms with Crippen molar-refractivity contribution in [2.24, 2.45) is 5.92 Å². The Bertz CT molecular complexity index is 901. The number of carbonyl (C=O) groups is 2. The third-order valence-corrected chi connectivity index (χ3v) is 5.29. The minimum absolute atomic E-state index is 0.0861. The van der Waals surface area contributed by atoms with Gasteiger partial charge in [-0.15, -0.1) is 0 Å². The molecule has 5 heteroatoms. The van der Waals surface area contributed by atoms with Gasteiger partial charge in [0.1, 0.15) is 0 Å². The number of ether oxygens (including phenoxy) is 1. The molecule has 1 heterocycles. The molecule has 0 bridgehead atoms. The number of rotatable bonds is 3. The molecule has 2 aromatic carbocycles. The van der Waals surface area contributed by atoms with Crippen molar-refractivity contribution in [1.82, 2.24) is 0 Å². The highest BCUT2D eigenvalue weighted by atomic mass is 16.5. The number of methoxy groups -OCH3 is 1. The first-order chi connectivity index (χ1) is 12.6. The highest BCUT2D eigenvalue weighted by Crippen LogP contribution is 2.49. The fourth-order valence-electron chi connectivity index (χ4n) is 4.00. The van der Waals surface area contributed by atoms with E-state index < -0.39 is 5.97 Å². The Morgan fingerprint density at radius 1 is 1.12 bits per heavy atom. The molecule has 0 saturated heterocycles. The van der Waals surface area contributed by atoms with Crippen LogP contribution in [0.1, 0.15) is 50.2 Å². The molecule has 4 rings (SSSR count). The van der Waals surface area contributed by atoms with E-state index in [4.69, 9.17) is 4.74 Å². The summed E-state index contributed by atoms with van der Waals surface area (Å²) in [6.45, 7) is 0. The summed E-state index contributed by atoms with van der Waals surface area (Å²) in [6, 6.07) is 12.6. The van der Waals surface area contributed by atoms with Crippen molar-refractivity contribution in [2.75, 3.05) is 12.4 Å². The van der Waals surface area contributed by atoms with Gasteiger partial charge in [0, 0.05) is 11.6 Å². The number of carboxylic acids is 1. The van der Waals surface area contributed by atoms with Crippen molar-refractivity contribution in [2.45, 2.75) is 18.4 Å². The second-order valence-electron chi connectivity index (χ2n) is 6.68. The SMILES string of the molecule is COC(=O)c1ccc([C@H]2Nc3ccc(C(=O)[O-])cc3[C@H]3C=CC[C@H]32)cc1. The summed E-state index contributed by atoms with van der Waals surface area (Å²) in [5.74, 6) is -1.06. The van der Waals surface area contributed by atoms with Gasteiger partial charge in [-0.1, -0.05) is 30.4 Å². The van der Waals surface area contributed by atoms with Crippen molar-refractivity contribution in [3.05, 3.63) is 76.9 Å². The summed E-state index contributed by atoms with van der Waals surface area (Å²) < 4.78 is 4.75. The van der Waals surface area contributed by atoms with Gasteiger partial charge in [0.15, 0.2) is 0 Å². The van der Waals surface area contributed by atoms with Crippen LogP contribution in [0, 0.1) is 5.92 Å². The van der Waals surface area contributed by atoms with Crippen LogP contribution in [0.4, 0.5) is 5.69 Å². The number of nitrogens with one attached hydrogen (secondary N) is 1. The maximum Gasteiger partial charge on any atom is 0.337 e. The van der Waals surface area contributed by atoms with Gasteiger partial charge in [-0.25, -0.2) is 4.79 Å². The Hall–Kier alpha value is -3.08. The Morgan fingerprint density at radius 3 is 2.54 bits per heavy atom. The number of fused-ring (bicyclic) bond motifs is 3. The molecule has 26 heavy (non-hydrogen) atoms. The maximum absolute atomic E-state index is 11.6. The summed E-state index contributed by atoms with van der Waals surface area (Å²) in [7, 11) is 1.37. The number of aromatic carboxylic acids is 1. The second kappa shape index (κ2) is 6.33. The third-order valence-electron chi connectivity index (χ3n) is 5.29. The highest BCUT2D eigenvalue weighted by molar-refractivity contribution is 5.89. The van der Waals surface area contributed by atoms with Gasteiger partial charge in [0.25, 0.3) is 0 Å². The van der Waals surface area contributed by atoms with Crippen molar-refractivity contribution < 1.29 is 19.4 Å². The lowest BCUT2D eigenvalue weighted by Crippen LogP contribution is -2.30. The third kappa shape index (κ3) is 2.65. The van der Waals surface area contributed by atoms with E-state index in [0.717, 1.165) is 23.2 Å². The fourth-order valence-corrected chi connectivity index (χ4v) is 4.00. The highest BCUT2D eigenvalue weighted by Gasteiger charge is 2.37. The number of carboxylic acid groups (broad SMARTS) is 1. The molecule has 0 saturated carbocycles. The molecule has 1 N–H and O–H groups in total. The first-order valence-electron chi connectivity index (χ1n) is 8.55. The lowest BCUT2D eigenvalue weighted by atomic mass is 9.76. The number of carbonyl (C=O) groups excluding carboxylic acids is 2. The van der Waals surface area contributed by atoms with Crippen molar-refractivity contribution >= 4 is 17.6 Å². The van der Waals surface area contributed by atoms with E-state index in [1.807, 2.05) is 12.1 Å². The molecule has 2 aromatic rings. The average Bonchev–Trinajstić information content (AvgIpc) is 3.16. The van der Waals surface area contributed by atoms with E-state index in [0.29, 0.717) is 11.5 Å². The smallest absolute Gasteiger partial charge is 0.337 e. The minimum Gasteiger partial charge on any atom is -0.545 e. The van der Waals surface area contributed by atoms with E-state index in [1.165, 1.54) is 7.11 Å². The molecular weight excluding hydrogens is 330 g/mol. The van der Waals surface area contributed by atoms with Crippen LogP contribution in [0.3, 0.4) is 0 Å². The van der Waals surface area contributed by atoms with Gasteiger partial charge < -0.3 is 20.0 Å². The first-order valence-corrected chi connectivity index (χ1v) is 8.55. The van der Waals surface area contributed by atoms with E-state index in [1.54, 1.807) is 30.3 Å². The van der Waals surface area contributed by atoms with Crippen LogP contribution in [0.2, 0.25) is 0 Å². The van der Waals surface area contributed by atoms with Gasteiger partial charge in [0.2, 0.25) is 0 Å². The summed E-state index contributed by atoms with van der Waals surface area (Å²) in [6.07, 6.45) is 5.21. The fraction of sp³-hybridized carbons (Fsp3) is 0.238. The zero-order valence-electron chi connectivity index (χ0n) is 14.3. The van der Waals surface area contributed by atoms with Crippen molar-refractivity contribution in [3.8, 4) is 0 Å². The lowest BCUT2D eigenvalue weighted by molar-refractivity contribution is -0.255. The second-order valence-corrected chi connectivity index (χ2v) is 6.68. The molecule has 0 aromatic heterocycles. The van der Waals surface area contributed by atoms with Gasteiger partial charge >= 0.3 is 5.97 Å². The minimum atomic E-state index is -1.16.